The number of ether oxygens (including phenoxy) is 1. The van der Waals surface area contributed by atoms with Gasteiger partial charge in [-0.15, -0.1) is 24.0 Å². The van der Waals surface area contributed by atoms with Crippen LogP contribution in [0.25, 0.3) is 0 Å². The minimum absolute atomic E-state index is 0. The van der Waals surface area contributed by atoms with Gasteiger partial charge in [0, 0.05) is 18.8 Å². The zero-order chi connectivity index (χ0) is 14.2. The Kier molecular flexibility index (Phi) is 8.41. The molecule has 3 N–H and O–H groups in total. The summed E-state index contributed by atoms with van der Waals surface area (Å²) in [7, 11) is 0. The van der Waals surface area contributed by atoms with E-state index < -0.39 is 0 Å². The van der Waals surface area contributed by atoms with Gasteiger partial charge in [-0.1, -0.05) is 19.4 Å². The molecular formula is C15H25IN4O. The molecule has 1 fully saturated rings. The van der Waals surface area contributed by atoms with Gasteiger partial charge in [0.15, 0.2) is 5.96 Å². The lowest BCUT2D eigenvalue weighted by molar-refractivity contribution is 0.305. The largest absolute Gasteiger partial charge is 0.478 e. The van der Waals surface area contributed by atoms with E-state index in [1.54, 1.807) is 6.20 Å². The van der Waals surface area contributed by atoms with Crippen LogP contribution in [0.2, 0.25) is 0 Å². The Morgan fingerprint density at radius 2 is 2.29 bits per heavy atom. The number of pyridine rings is 1. The summed E-state index contributed by atoms with van der Waals surface area (Å²) in [6.07, 6.45) is 6.74. The average Bonchev–Trinajstić information content (AvgIpc) is 2.42. The zero-order valence-electron chi connectivity index (χ0n) is 12.5. The number of halogens is 1. The number of nitrogens with two attached hydrogens (primary N) is 1. The molecule has 1 aliphatic rings. The third kappa shape index (κ3) is 6.50. The van der Waals surface area contributed by atoms with Crippen molar-refractivity contribution in [1.29, 1.82) is 0 Å². The van der Waals surface area contributed by atoms with E-state index in [4.69, 9.17) is 10.5 Å². The molecule has 1 aliphatic carbocycles. The van der Waals surface area contributed by atoms with Gasteiger partial charge in [0.2, 0.25) is 5.88 Å². The van der Waals surface area contributed by atoms with Crippen molar-refractivity contribution < 1.29 is 4.74 Å². The van der Waals surface area contributed by atoms with E-state index in [0.29, 0.717) is 25.0 Å². The molecule has 0 bridgehead atoms. The quantitative estimate of drug-likeness (QED) is 0.417. The van der Waals surface area contributed by atoms with E-state index in [1.807, 2.05) is 12.1 Å². The van der Waals surface area contributed by atoms with Crippen molar-refractivity contribution in [1.82, 2.24) is 10.3 Å². The Labute approximate surface area is 143 Å². The maximum atomic E-state index is 5.84. The SMILES string of the molecule is CCCOc1ccc(CN=C(N)NCC2CCC2)cn1.I. The molecule has 0 saturated heterocycles. The summed E-state index contributed by atoms with van der Waals surface area (Å²) < 4.78 is 5.44. The molecule has 0 radical (unpaired) electrons. The van der Waals surface area contributed by atoms with E-state index in [0.717, 1.165) is 24.4 Å². The second-order valence-electron chi connectivity index (χ2n) is 5.23. The first-order chi connectivity index (χ1) is 9.78. The number of rotatable bonds is 7. The Balaban J connectivity index is 0.00000220. The topological polar surface area (TPSA) is 72.5 Å². The Bertz CT molecular complexity index is 432. The van der Waals surface area contributed by atoms with Gasteiger partial charge in [-0.05, 0) is 30.7 Å². The molecule has 1 heterocycles. The van der Waals surface area contributed by atoms with Crippen LogP contribution >= 0.6 is 24.0 Å². The second kappa shape index (κ2) is 9.81. The maximum Gasteiger partial charge on any atom is 0.213 e. The molecule has 118 valence electrons. The highest BCUT2D eigenvalue weighted by Gasteiger charge is 2.16. The van der Waals surface area contributed by atoms with Crippen molar-refractivity contribution in [2.75, 3.05) is 13.2 Å². The van der Waals surface area contributed by atoms with Crippen molar-refractivity contribution >= 4 is 29.9 Å². The molecule has 0 aromatic carbocycles. The van der Waals surface area contributed by atoms with Gasteiger partial charge in [0.25, 0.3) is 0 Å². The summed E-state index contributed by atoms with van der Waals surface area (Å²) >= 11 is 0. The van der Waals surface area contributed by atoms with Crippen LogP contribution in [-0.2, 0) is 6.54 Å². The minimum atomic E-state index is 0. The fourth-order valence-electron chi connectivity index (χ4n) is 1.97. The van der Waals surface area contributed by atoms with Crippen molar-refractivity contribution in [2.24, 2.45) is 16.6 Å². The molecule has 0 aliphatic heterocycles. The molecular weight excluding hydrogens is 379 g/mol. The van der Waals surface area contributed by atoms with E-state index >= 15 is 0 Å². The minimum Gasteiger partial charge on any atom is -0.478 e. The molecule has 1 aromatic rings. The summed E-state index contributed by atoms with van der Waals surface area (Å²) in [4.78, 5) is 8.56. The summed E-state index contributed by atoms with van der Waals surface area (Å²) in [5, 5.41) is 3.18. The van der Waals surface area contributed by atoms with Crippen LogP contribution in [0.1, 0.15) is 38.2 Å². The zero-order valence-corrected chi connectivity index (χ0v) is 14.9. The lowest BCUT2D eigenvalue weighted by Crippen LogP contribution is -2.37. The standard InChI is InChI=1S/C15H24N4O.HI/c1-2-8-20-14-7-6-13(10-17-14)11-19-15(16)18-9-12-4-3-5-12;/h6-7,10,12H,2-5,8-9,11H2,1H3,(H3,16,18,19);1H. The summed E-state index contributed by atoms with van der Waals surface area (Å²) in [6.45, 7) is 4.26. The Morgan fingerprint density at radius 1 is 1.48 bits per heavy atom. The fourth-order valence-corrected chi connectivity index (χ4v) is 1.97. The van der Waals surface area contributed by atoms with Crippen LogP contribution in [0.15, 0.2) is 23.3 Å². The van der Waals surface area contributed by atoms with E-state index in [-0.39, 0.29) is 24.0 Å². The van der Waals surface area contributed by atoms with E-state index in [2.05, 4.69) is 22.2 Å². The third-order valence-corrected chi connectivity index (χ3v) is 3.48. The number of hydrogen-bond acceptors (Lipinski definition) is 3. The summed E-state index contributed by atoms with van der Waals surface area (Å²) in [5.74, 6) is 1.96. The monoisotopic (exact) mass is 404 g/mol. The van der Waals surface area contributed by atoms with Gasteiger partial charge in [-0.2, -0.15) is 0 Å². The van der Waals surface area contributed by atoms with Crippen molar-refractivity contribution in [3.05, 3.63) is 23.9 Å². The lowest BCUT2D eigenvalue weighted by Gasteiger charge is -2.25. The summed E-state index contributed by atoms with van der Waals surface area (Å²) in [5.41, 5.74) is 6.87. The van der Waals surface area contributed by atoms with Crippen LogP contribution in [-0.4, -0.2) is 24.1 Å². The Hall–Kier alpha value is -1.05. The number of guanidine groups is 1. The van der Waals surface area contributed by atoms with Crippen LogP contribution in [0, 0.1) is 5.92 Å². The predicted octanol–water partition coefficient (Wildman–Crippen LogP) is 2.69. The fraction of sp³-hybridized carbons (Fsp3) is 0.600. The molecule has 0 amide bonds. The number of nitrogens with zero attached hydrogens (tertiary/aromatic N) is 2. The van der Waals surface area contributed by atoms with Crippen LogP contribution in [0.5, 0.6) is 5.88 Å². The molecule has 0 atom stereocenters. The molecule has 0 spiro atoms. The first kappa shape index (κ1) is 18.0. The first-order valence-corrected chi connectivity index (χ1v) is 7.39. The molecule has 21 heavy (non-hydrogen) atoms. The van der Waals surface area contributed by atoms with Crippen molar-refractivity contribution in [2.45, 2.75) is 39.2 Å². The van der Waals surface area contributed by atoms with E-state index in [1.165, 1.54) is 19.3 Å². The van der Waals surface area contributed by atoms with Gasteiger partial charge in [-0.3, -0.25) is 0 Å². The lowest BCUT2D eigenvalue weighted by atomic mass is 9.85. The highest BCUT2D eigenvalue weighted by atomic mass is 127. The normalized spacial score (nSPS) is 15.0. The second-order valence-corrected chi connectivity index (χ2v) is 5.23. The smallest absolute Gasteiger partial charge is 0.213 e. The highest BCUT2D eigenvalue weighted by Crippen LogP contribution is 2.24. The number of hydrogen-bond donors (Lipinski definition) is 2. The summed E-state index contributed by atoms with van der Waals surface area (Å²) in [6, 6.07) is 3.85. The van der Waals surface area contributed by atoms with Crippen LogP contribution in [0.4, 0.5) is 0 Å². The van der Waals surface area contributed by atoms with Gasteiger partial charge in [-0.25, -0.2) is 9.98 Å². The number of aromatic nitrogens is 1. The molecule has 1 aromatic heterocycles. The molecule has 1 saturated carbocycles. The predicted molar refractivity (Wildman–Crippen MR) is 96.1 cm³/mol. The highest BCUT2D eigenvalue weighted by molar-refractivity contribution is 14.0. The molecule has 0 unspecified atom stereocenters. The number of aliphatic imine (C=N–C) groups is 1. The Morgan fingerprint density at radius 3 is 2.86 bits per heavy atom. The third-order valence-electron chi connectivity index (χ3n) is 3.48. The molecule has 2 rings (SSSR count). The van der Waals surface area contributed by atoms with Crippen molar-refractivity contribution in [3.8, 4) is 5.88 Å². The average molecular weight is 404 g/mol. The van der Waals surface area contributed by atoms with Gasteiger partial charge in [0.1, 0.15) is 0 Å². The van der Waals surface area contributed by atoms with E-state index in [9.17, 15) is 0 Å². The van der Waals surface area contributed by atoms with Crippen LogP contribution in [0.3, 0.4) is 0 Å². The molecule has 5 nitrogen and oxygen atoms in total. The first-order valence-electron chi connectivity index (χ1n) is 7.39. The van der Waals surface area contributed by atoms with Crippen LogP contribution < -0.4 is 15.8 Å². The van der Waals surface area contributed by atoms with Gasteiger partial charge >= 0.3 is 0 Å². The number of nitrogens with one attached hydrogen (secondary N) is 1. The maximum absolute atomic E-state index is 5.84. The van der Waals surface area contributed by atoms with Gasteiger partial charge < -0.3 is 15.8 Å². The van der Waals surface area contributed by atoms with Gasteiger partial charge in [0.05, 0.1) is 13.2 Å². The molecule has 6 heteroatoms. The van der Waals surface area contributed by atoms with Crippen molar-refractivity contribution in [3.63, 3.8) is 0 Å².